The van der Waals surface area contributed by atoms with Crippen molar-refractivity contribution in [2.45, 2.75) is 0 Å². The van der Waals surface area contributed by atoms with Crippen LogP contribution in [-0.4, -0.2) is 39.9 Å². The van der Waals surface area contributed by atoms with Crippen LogP contribution in [0.4, 0.5) is 0 Å². The summed E-state index contributed by atoms with van der Waals surface area (Å²) < 4.78 is 91.0. The minimum atomic E-state index is -4.42. The normalized spacial score (nSPS) is 17.7. The Hall–Kier alpha value is 2.61. The molecule has 18 heteroatoms. The van der Waals surface area contributed by atoms with Gasteiger partial charge in [-0.1, -0.05) is 0 Å². The predicted octanol–water partition coefficient (Wildman–Crippen LogP) is -10.1. The van der Waals surface area contributed by atoms with Gasteiger partial charge in [0.25, 0.3) is 0 Å². The summed E-state index contributed by atoms with van der Waals surface area (Å²) in [7, 11) is -13.2. The second-order valence-electron chi connectivity index (χ2n) is 1.43. The number of nitrogens with one attached hydrogen (secondary N) is 3. The summed E-state index contributed by atoms with van der Waals surface area (Å²) in [5.74, 6) is 0. The molecule has 96 valence electrons. The van der Waals surface area contributed by atoms with Crippen LogP contribution in [0.5, 0.6) is 0 Å². The van der Waals surface area contributed by atoms with Crippen molar-refractivity contribution in [3.05, 3.63) is 0 Å². The molecule has 18 heavy (non-hydrogen) atoms. The van der Waals surface area contributed by atoms with E-state index in [4.69, 9.17) is 54.3 Å². The van der Waals surface area contributed by atoms with Gasteiger partial charge in [-0.25, -0.2) is 27.0 Å². The molecule has 0 amide bonds. The van der Waals surface area contributed by atoms with Gasteiger partial charge >= 0.3 is 88.7 Å². The van der Waals surface area contributed by atoms with Gasteiger partial charge in [0, 0.05) is 0 Å². The van der Waals surface area contributed by atoms with Crippen LogP contribution in [0.15, 0.2) is 0 Å². The van der Waals surface area contributed by atoms with E-state index < -0.39 is 30.9 Å². The third-order valence-electron chi connectivity index (χ3n) is 0. The van der Waals surface area contributed by atoms with Crippen molar-refractivity contribution in [2.75, 3.05) is 0 Å². The van der Waals surface area contributed by atoms with Crippen LogP contribution in [0.1, 0.15) is 0 Å². The molecule has 0 rings (SSSR count). The molecule has 0 bridgehead atoms. The van der Waals surface area contributed by atoms with Crippen molar-refractivity contribution in [3.63, 3.8) is 0 Å². The van der Waals surface area contributed by atoms with Gasteiger partial charge in [-0.05, 0) is 0 Å². The molecule has 0 aromatic rings. The molecule has 6 N–H and O–H groups in total. The Bertz CT molecular complexity index is 353. The Labute approximate surface area is 171 Å². The average molecular weight is 357 g/mol. The average Bonchev–Trinajstić information content (AvgIpc) is 1.41. The Morgan fingerprint density at radius 3 is 0.611 bits per heavy atom. The molecule has 0 aliphatic rings. The van der Waals surface area contributed by atoms with E-state index in [1.165, 1.54) is 0 Å². The summed E-state index contributed by atoms with van der Waals surface area (Å²) in [6.45, 7) is 0. The summed E-state index contributed by atoms with van der Waals surface area (Å²) in [6.07, 6.45) is 0. The summed E-state index contributed by atoms with van der Waals surface area (Å²) in [5, 5.41) is 0. The monoisotopic (exact) mass is 357 g/mol. The standard InChI is InChI=1S/3H3NO3S.3Na/c3*1-5(2,3)4;;;/h3*(H3,1,2,3,4);;;/q;;;3*+1/p-3. The Balaban J connectivity index is -0.0000000277. The van der Waals surface area contributed by atoms with E-state index in [9.17, 15) is 0 Å². The molecule has 0 saturated carbocycles. The summed E-state index contributed by atoms with van der Waals surface area (Å²) in [4.78, 5) is 0. The molecular weight excluding hydrogens is 351 g/mol. The minimum Gasteiger partial charge on any atom is -0.743 e. The summed E-state index contributed by atoms with van der Waals surface area (Å²) in [6, 6.07) is 0. The minimum absolute atomic E-state index is 0. The van der Waals surface area contributed by atoms with E-state index >= 15 is 0 Å². The van der Waals surface area contributed by atoms with E-state index in [1.807, 2.05) is 0 Å². The van der Waals surface area contributed by atoms with E-state index in [0.29, 0.717) is 0 Å². The van der Waals surface area contributed by atoms with Gasteiger partial charge in [0.1, 0.15) is 0 Å². The third-order valence-corrected chi connectivity index (χ3v) is 0. The van der Waals surface area contributed by atoms with Crippen LogP contribution >= 0.6 is 0 Å². The first kappa shape index (κ1) is 37.1. The maximum absolute atomic E-state index is 8.85. The first-order chi connectivity index (χ1) is 6.00. The maximum Gasteiger partial charge on any atom is 1.00 e. The van der Waals surface area contributed by atoms with E-state index in [-0.39, 0.29) is 88.7 Å². The van der Waals surface area contributed by atoms with Crippen LogP contribution in [0.25, 0.3) is 0 Å². The largest absolute Gasteiger partial charge is 1.00 e. The summed E-state index contributed by atoms with van der Waals surface area (Å²) >= 11 is 0. The zero-order chi connectivity index (χ0) is 13.5. The van der Waals surface area contributed by atoms with Gasteiger partial charge in [0.05, 0.1) is 30.9 Å². The molecule has 0 aliphatic carbocycles. The van der Waals surface area contributed by atoms with Crippen LogP contribution in [-0.2, 0) is 30.9 Å². The van der Waals surface area contributed by atoms with E-state index in [1.54, 1.807) is 0 Å². The topological polar surface area (TPSA) is 253 Å². The van der Waals surface area contributed by atoms with Gasteiger partial charge < -0.3 is 27.3 Å². The molecule has 0 radical (unpaired) electrons. The Kier molecular flexibility index (Phi) is 33.0. The molecular formula is H6N3Na3O9S3. The number of hydrogen-bond donors (Lipinski definition) is 6. The fourth-order valence-corrected chi connectivity index (χ4v) is 0. The fourth-order valence-electron chi connectivity index (χ4n) is 0. The first-order valence-corrected chi connectivity index (χ1v) is 6.48. The van der Waals surface area contributed by atoms with Crippen molar-refractivity contribution in [1.82, 2.24) is 0 Å². The van der Waals surface area contributed by atoms with Crippen LogP contribution < -0.4 is 88.7 Å². The van der Waals surface area contributed by atoms with Gasteiger partial charge in [-0.2, -0.15) is 0 Å². The number of hydrogen-bond acceptors (Lipinski definition) is 9. The molecule has 0 heterocycles. The SMILES string of the molecule is N=S(=O)([O-])O.N=S(=O)([O-])O.N=S(=O)([O-])O.[Na+].[Na+].[Na+]. The summed E-state index contributed by atoms with van der Waals surface area (Å²) in [5.41, 5.74) is 0. The second-order valence-corrected chi connectivity index (χ2v) is 4.28. The van der Waals surface area contributed by atoms with Crippen molar-refractivity contribution < 1.29 is 129 Å². The molecule has 0 aromatic carbocycles. The van der Waals surface area contributed by atoms with Crippen LogP contribution in [0.2, 0.25) is 0 Å². The molecule has 0 fully saturated rings. The predicted molar refractivity (Wildman–Crippen MR) is 42.8 cm³/mol. The molecule has 0 saturated heterocycles. The maximum atomic E-state index is 8.85. The van der Waals surface area contributed by atoms with E-state index in [2.05, 4.69) is 0 Å². The van der Waals surface area contributed by atoms with E-state index in [0.717, 1.165) is 0 Å². The zero-order valence-corrected chi connectivity index (χ0v) is 18.0. The van der Waals surface area contributed by atoms with Gasteiger partial charge in [0.15, 0.2) is 0 Å². The molecule has 0 aromatic heterocycles. The Morgan fingerprint density at radius 1 is 0.611 bits per heavy atom. The van der Waals surface area contributed by atoms with Crippen molar-refractivity contribution in [3.8, 4) is 0 Å². The molecule has 3 unspecified atom stereocenters. The van der Waals surface area contributed by atoms with Crippen LogP contribution in [0.3, 0.4) is 0 Å². The van der Waals surface area contributed by atoms with Crippen molar-refractivity contribution in [2.24, 2.45) is 0 Å². The van der Waals surface area contributed by atoms with Gasteiger partial charge in [-0.3, -0.25) is 0 Å². The van der Waals surface area contributed by atoms with Crippen molar-refractivity contribution >= 4 is 30.9 Å². The first-order valence-electron chi connectivity index (χ1n) is 2.16. The van der Waals surface area contributed by atoms with Gasteiger partial charge in [-0.15, -0.1) is 0 Å². The third kappa shape index (κ3) is 847. The number of rotatable bonds is 0. The van der Waals surface area contributed by atoms with Crippen molar-refractivity contribution in [1.29, 1.82) is 14.3 Å². The zero-order valence-electron chi connectivity index (χ0n) is 9.52. The molecule has 0 spiro atoms. The Morgan fingerprint density at radius 2 is 0.611 bits per heavy atom. The van der Waals surface area contributed by atoms with Gasteiger partial charge in [0.2, 0.25) is 0 Å². The second kappa shape index (κ2) is 16.0. The fraction of sp³-hybridized carbons (Fsp3) is 0. The molecule has 0 aliphatic heterocycles. The quantitative estimate of drug-likeness (QED) is 0.225. The molecule has 3 atom stereocenters. The molecule has 12 nitrogen and oxygen atoms in total. The van der Waals surface area contributed by atoms with Crippen LogP contribution in [0, 0.1) is 14.3 Å². The smallest absolute Gasteiger partial charge is 0.743 e.